The maximum absolute atomic E-state index is 8.85. The summed E-state index contributed by atoms with van der Waals surface area (Å²) in [5, 5.41) is 12.2. The summed E-state index contributed by atoms with van der Waals surface area (Å²) in [5.41, 5.74) is 8.14. The van der Waals surface area contributed by atoms with Crippen LogP contribution in [0.15, 0.2) is 18.2 Å². The third kappa shape index (κ3) is 3.40. The Morgan fingerprint density at radius 2 is 2.11 bits per heavy atom. The molecule has 1 aromatic carbocycles. The summed E-state index contributed by atoms with van der Waals surface area (Å²) in [6.07, 6.45) is 8.13. The first-order chi connectivity index (χ1) is 8.79. The second-order valence-electron chi connectivity index (χ2n) is 5.13. The molecule has 1 aliphatic carbocycles. The Kier molecular flexibility index (Phi) is 4.46. The fourth-order valence-corrected chi connectivity index (χ4v) is 2.69. The molecule has 3 N–H and O–H groups in total. The molecular formula is C15H21N3. The molecule has 0 radical (unpaired) electrons. The SMILES string of the molecule is N#Cc1ccc(N)c(NCCCC2CCCC2)c1. The zero-order chi connectivity index (χ0) is 12.8. The number of hydrogen-bond acceptors (Lipinski definition) is 3. The van der Waals surface area contributed by atoms with Crippen molar-refractivity contribution in [3.05, 3.63) is 23.8 Å². The van der Waals surface area contributed by atoms with Crippen LogP contribution in [0, 0.1) is 17.2 Å². The van der Waals surface area contributed by atoms with E-state index in [1.54, 1.807) is 12.1 Å². The lowest BCUT2D eigenvalue weighted by atomic mass is 10.0. The van der Waals surface area contributed by atoms with E-state index in [0.717, 1.165) is 23.8 Å². The lowest BCUT2D eigenvalue weighted by molar-refractivity contribution is 0.491. The molecule has 0 unspecified atom stereocenters. The largest absolute Gasteiger partial charge is 0.397 e. The second kappa shape index (κ2) is 6.30. The quantitative estimate of drug-likeness (QED) is 0.614. The van der Waals surface area contributed by atoms with Crippen molar-refractivity contribution in [2.24, 2.45) is 5.92 Å². The number of hydrogen-bond donors (Lipinski definition) is 2. The molecule has 1 aliphatic rings. The zero-order valence-corrected chi connectivity index (χ0v) is 10.8. The fourth-order valence-electron chi connectivity index (χ4n) is 2.69. The molecule has 1 saturated carbocycles. The van der Waals surface area contributed by atoms with Gasteiger partial charge >= 0.3 is 0 Å². The Morgan fingerprint density at radius 1 is 1.33 bits per heavy atom. The van der Waals surface area contributed by atoms with Gasteiger partial charge in [-0.05, 0) is 37.0 Å². The Morgan fingerprint density at radius 3 is 2.83 bits per heavy atom. The molecule has 3 nitrogen and oxygen atoms in total. The molecule has 3 heteroatoms. The number of nitrogens with zero attached hydrogens (tertiary/aromatic N) is 1. The highest BCUT2D eigenvalue weighted by molar-refractivity contribution is 5.68. The van der Waals surface area contributed by atoms with E-state index in [1.165, 1.54) is 38.5 Å². The topological polar surface area (TPSA) is 61.8 Å². The monoisotopic (exact) mass is 243 g/mol. The van der Waals surface area contributed by atoms with Crippen molar-refractivity contribution in [1.82, 2.24) is 0 Å². The number of nitrogens with two attached hydrogens (primary N) is 1. The van der Waals surface area contributed by atoms with Gasteiger partial charge in [0, 0.05) is 6.54 Å². The van der Waals surface area contributed by atoms with Crippen molar-refractivity contribution in [2.75, 3.05) is 17.6 Å². The van der Waals surface area contributed by atoms with Crippen molar-refractivity contribution in [1.29, 1.82) is 5.26 Å². The molecule has 18 heavy (non-hydrogen) atoms. The summed E-state index contributed by atoms with van der Waals surface area (Å²) in [4.78, 5) is 0. The van der Waals surface area contributed by atoms with Gasteiger partial charge in [0.25, 0.3) is 0 Å². The van der Waals surface area contributed by atoms with Crippen LogP contribution in [-0.2, 0) is 0 Å². The highest BCUT2D eigenvalue weighted by Crippen LogP contribution is 2.28. The van der Waals surface area contributed by atoms with Crippen LogP contribution in [0.4, 0.5) is 11.4 Å². The van der Waals surface area contributed by atoms with Crippen molar-refractivity contribution in [2.45, 2.75) is 38.5 Å². The summed E-state index contributed by atoms with van der Waals surface area (Å²) >= 11 is 0. The molecule has 0 bridgehead atoms. The Hall–Kier alpha value is -1.69. The van der Waals surface area contributed by atoms with Gasteiger partial charge in [-0.3, -0.25) is 0 Å². The van der Waals surface area contributed by atoms with Crippen molar-refractivity contribution < 1.29 is 0 Å². The van der Waals surface area contributed by atoms with E-state index >= 15 is 0 Å². The first-order valence-corrected chi connectivity index (χ1v) is 6.83. The Labute approximate surface area is 109 Å². The molecule has 1 fully saturated rings. The van der Waals surface area contributed by atoms with Crippen LogP contribution in [0.1, 0.15) is 44.1 Å². The molecule has 0 heterocycles. The Bertz CT molecular complexity index is 428. The maximum Gasteiger partial charge on any atom is 0.0992 e. The standard InChI is InChI=1S/C15H21N3/c16-11-13-7-8-14(17)15(10-13)18-9-3-6-12-4-1-2-5-12/h7-8,10,12,18H,1-6,9,17H2. The molecule has 2 rings (SSSR count). The molecule has 0 aliphatic heterocycles. The lowest BCUT2D eigenvalue weighted by Crippen LogP contribution is -2.06. The number of nitrogens with one attached hydrogen (secondary N) is 1. The third-order valence-electron chi connectivity index (χ3n) is 3.76. The first kappa shape index (κ1) is 12.8. The maximum atomic E-state index is 8.85. The molecular weight excluding hydrogens is 222 g/mol. The summed E-state index contributed by atoms with van der Waals surface area (Å²) < 4.78 is 0. The molecule has 1 aromatic rings. The normalized spacial score (nSPS) is 15.5. The zero-order valence-electron chi connectivity index (χ0n) is 10.8. The number of nitrogen functional groups attached to an aromatic ring is 1. The van der Waals surface area contributed by atoms with Gasteiger partial charge in [-0.15, -0.1) is 0 Å². The fraction of sp³-hybridized carbons (Fsp3) is 0.533. The minimum atomic E-state index is 0.655. The number of benzene rings is 1. The summed E-state index contributed by atoms with van der Waals surface area (Å²) in [6.45, 7) is 0.940. The van der Waals surface area contributed by atoms with Crippen molar-refractivity contribution >= 4 is 11.4 Å². The minimum absolute atomic E-state index is 0.655. The van der Waals surface area contributed by atoms with Gasteiger partial charge < -0.3 is 11.1 Å². The lowest BCUT2D eigenvalue weighted by Gasteiger charge is -2.11. The van der Waals surface area contributed by atoms with Crippen LogP contribution in [-0.4, -0.2) is 6.54 Å². The Balaban J connectivity index is 1.77. The highest BCUT2D eigenvalue weighted by atomic mass is 14.9. The van der Waals surface area contributed by atoms with E-state index < -0.39 is 0 Å². The van der Waals surface area contributed by atoms with Crippen molar-refractivity contribution in [3.8, 4) is 6.07 Å². The second-order valence-corrected chi connectivity index (χ2v) is 5.13. The van der Waals surface area contributed by atoms with Gasteiger partial charge in [-0.1, -0.05) is 25.7 Å². The van der Waals surface area contributed by atoms with Crippen LogP contribution in [0.3, 0.4) is 0 Å². The first-order valence-electron chi connectivity index (χ1n) is 6.83. The average Bonchev–Trinajstić information content (AvgIpc) is 2.89. The van der Waals surface area contributed by atoms with E-state index in [2.05, 4.69) is 11.4 Å². The van der Waals surface area contributed by atoms with Crippen LogP contribution >= 0.6 is 0 Å². The van der Waals surface area contributed by atoms with Gasteiger partial charge in [0.2, 0.25) is 0 Å². The summed E-state index contributed by atoms with van der Waals surface area (Å²) in [6, 6.07) is 7.50. The molecule has 0 amide bonds. The van der Waals surface area contributed by atoms with Gasteiger partial charge in [-0.2, -0.15) is 5.26 Å². The van der Waals surface area contributed by atoms with E-state index in [4.69, 9.17) is 11.0 Å². The average molecular weight is 243 g/mol. The molecule has 0 aromatic heterocycles. The highest BCUT2D eigenvalue weighted by Gasteiger charge is 2.13. The molecule has 96 valence electrons. The van der Waals surface area contributed by atoms with Crippen LogP contribution in [0.25, 0.3) is 0 Å². The number of anilines is 2. The number of rotatable bonds is 5. The summed E-state index contributed by atoms with van der Waals surface area (Å²) in [5.74, 6) is 0.939. The van der Waals surface area contributed by atoms with E-state index in [0.29, 0.717) is 5.56 Å². The van der Waals surface area contributed by atoms with Gasteiger partial charge in [0.15, 0.2) is 0 Å². The van der Waals surface area contributed by atoms with Crippen LogP contribution in [0.2, 0.25) is 0 Å². The van der Waals surface area contributed by atoms with Gasteiger partial charge in [-0.25, -0.2) is 0 Å². The van der Waals surface area contributed by atoms with Gasteiger partial charge in [0.1, 0.15) is 0 Å². The van der Waals surface area contributed by atoms with E-state index in [1.807, 2.05) is 6.07 Å². The molecule has 0 atom stereocenters. The van der Waals surface area contributed by atoms with E-state index in [9.17, 15) is 0 Å². The number of nitriles is 1. The third-order valence-corrected chi connectivity index (χ3v) is 3.76. The van der Waals surface area contributed by atoms with Crippen LogP contribution < -0.4 is 11.1 Å². The van der Waals surface area contributed by atoms with E-state index in [-0.39, 0.29) is 0 Å². The molecule has 0 spiro atoms. The molecule has 0 saturated heterocycles. The van der Waals surface area contributed by atoms with Crippen LogP contribution in [0.5, 0.6) is 0 Å². The van der Waals surface area contributed by atoms with Crippen molar-refractivity contribution in [3.63, 3.8) is 0 Å². The predicted octanol–water partition coefficient (Wildman–Crippen LogP) is 3.52. The van der Waals surface area contributed by atoms with Gasteiger partial charge in [0.05, 0.1) is 23.0 Å². The minimum Gasteiger partial charge on any atom is -0.397 e. The summed E-state index contributed by atoms with van der Waals surface area (Å²) in [7, 11) is 0. The smallest absolute Gasteiger partial charge is 0.0992 e. The predicted molar refractivity (Wildman–Crippen MR) is 75.3 cm³/mol.